The molecule has 2 N–H and O–H groups in total. The van der Waals surface area contributed by atoms with Crippen molar-refractivity contribution in [1.29, 1.82) is 0 Å². The molecule has 0 spiro atoms. The maximum atomic E-state index is 12.3. The highest BCUT2D eigenvalue weighted by molar-refractivity contribution is 5.64. The smallest absolute Gasteiger partial charge is 0.279 e. The number of aromatic nitrogens is 3. The Hall–Kier alpha value is -3.35. The van der Waals surface area contributed by atoms with Crippen LogP contribution in [0.2, 0.25) is 0 Å². The molecule has 2 aromatic carbocycles. The van der Waals surface area contributed by atoms with E-state index in [4.69, 9.17) is 9.47 Å². The van der Waals surface area contributed by atoms with Crippen molar-refractivity contribution in [2.24, 2.45) is 0 Å². The van der Waals surface area contributed by atoms with Gasteiger partial charge in [-0.15, -0.1) is 10.2 Å². The fourth-order valence-corrected chi connectivity index (χ4v) is 2.38. The van der Waals surface area contributed by atoms with E-state index in [0.717, 1.165) is 5.56 Å². The zero-order valence-electron chi connectivity index (χ0n) is 14.2. The van der Waals surface area contributed by atoms with E-state index in [-0.39, 0.29) is 17.2 Å². The van der Waals surface area contributed by atoms with Gasteiger partial charge < -0.3 is 14.8 Å². The second-order valence-electron chi connectivity index (χ2n) is 5.41. The van der Waals surface area contributed by atoms with Crippen molar-refractivity contribution in [3.63, 3.8) is 0 Å². The molecule has 0 aliphatic heterocycles. The van der Waals surface area contributed by atoms with Crippen LogP contribution in [0.3, 0.4) is 0 Å². The highest BCUT2D eigenvalue weighted by Gasteiger charge is 2.10. The summed E-state index contributed by atoms with van der Waals surface area (Å²) < 4.78 is 10.4. The van der Waals surface area contributed by atoms with Gasteiger partial charge in [0.25, 0.3) is 5.56 Å². The second kappa shape index (κ2) is 7.04. The first-order valence-corrected chi connectivity index (χ1v) is 7.64. The molecule has 3 rings (SSSR count). The predicted molar refractivity (Wildman–Crippen MR) is 95.7 cm³/mol. The maximum Gasteiger partial charge on any atom is 0.279 e. The van der Waals surface area contributed by atoms with Crippen LogP contribution in [0.1, 0.15) is 5.56 Å². The molecule has 0 radical (unpaired) electrons. The van der Waals surface area contributed by atoms with E-state index in [1.165, 1.54) is 0 Å². The van der Waals surface area contributed by atoms with Crippen molar-refractivity contribution in [3.8, 4) is 22.8 Å². The average Bonchev–Trinajstić information content (AvgIpc) is 2.62. The van der Waals surface area contributed by atoms with Crippen molar-refractivity contribution in [2.75, 3.05) is 19.5 Å². The number of benzene rings is 2. The number of ether oxygens (including phenoxy) is 2. The molecule has 0 aliphatic carbocycles. The summed E-state index contributed by atoms with van der Waals surface area (Å²) >= 11 is 0. The zero-order chi connectivity index (χ0) is 17.8. The van der Waals surface area contributed by atoms with Gasteiger partial charge in [-0.3, -0.25) is 9.78 Å². The molecule has 7 nitrogen and oxygen atoms in total. The molecule has 0 aliphatic rings. The van der Waals surface area contributed by atoms with Crippen LogP contribution >= 0.6 is 0 Å². The first-order chi connectivity index (χ1) is 12.1. The fraction of sp³-hybridized carbons (Fsp3) is 0.167. The van der Waals surface area contributed by atoms with E-state index < -0.39 is 0 Å². The van der Waals surface area contributed by atoms with E-state index >= 15 is 0 Å². The van der Waals surface area contributed by atoms with E-state index in [9.17, 15) is 4.79 Å². The zero-order valence-corrected chi connectivity index (χ0v) is 14.2. The van der Waals surface area contributed by atoms with Gasteiger partial charge >= 0.3 is 0 Å². The third kappa shape index (κ3) is 3.60. The molecule has 25 heavy (non-hydrogen) atoms. The summed E-state index contributed by atoms with van der Waals surface area (Å²) in [7, 11) is 3.17. The Kier molecular flexibility index (Phi) is 4.65. The lowest BCUT2D eigenvalue weighted by molar-refractivity contribution is 0.415. The Morgan fingerprint density at radius 1 is 1.00 bits per heavy atom. The minimum absolute atomic E-state index is 0.240. The van der Waals surface area contributed by atoms with Gasteiger partial charge in [0.15, 0.2) is 5.69 Å². The van der Waals surface area contributed by atoms with Gasteiger partial charge in [0.1, 0.15) is 11.5 Å². The van der Waals surface area contributed by atoms with Gasteiger partial charge in [-0.2, -0.15) is 0 Å². The highest BCUT2D eigenvalue weighted by atomic mass is 16.5. The lowest BCUT2D eigenvalue weighted by Crippen LogP contribution is -2.15. The van der Waals surface area contributed by atoms with Gasteiger partial charge in [0.05, 0.1) is 19.9 Å². The van der Waals surface area contributed by atoms with E-state index in [0.29, 0.717) is 22.7 Å². The normalized spacial score (nSPS) is 10.4. The Labute approximate surface area is 144 Å². The molecule has 0 amide bonds. The Morgan fingerprint density at radius 3 is 2.40 bits per heavy atom. The number of anilines is 2. The van der Waals surface area contributed by atoms with Crippen LogP contribution in [0, 0.1) is 6.92 Å². The summed E-state index contributed by atoms with van der Waals surface area (Å²) in [5, 5.41) is 11.1. The van der Waals surface area contributed by atoms with Crippen LogP contribution in [0.25, 0.3) is 11.3 Å². The summed E-state index contributed by atoms with van der Waals surface area (Å²) in [6.45, 7) is 1.96. The van der Waals surface area contributed by atoms with Crippen molar-refractivity contribution < 1.29 is 9.47 Å². The minimum atomic E-state index is -0.339. The van der Waals surface area contributed by atoms with Gasteiger partial charge in [-0.25, -0.2) is 0 Å². The minimum Gasteiger partial charge on any atom is -0.497 e. The number of nitrogens with one attached hydrogen (secondary N) is 2. The number of hydrogen-bond acceptors (Lipinski definition) is 6. The molecular weight excluding hydrogens is 320 g/mol. The molecule has 0 atom stereocenters. The van der Waals surface area contributed by atoms with Crippen LogP contribution in [-0.4, -0.2) is 29.4 Å². The van der Waals surface area contributed by atoms with E-state index in [1.54, 1.807) is 38.5 Å². The first-order valence-electron chi connectivity index (χ1n) is 7.64. The SMILES string of the molecule is COc1ccc(-c2nnc(Nc3cc(C)ccc3OC)[nH]c2=O)cc1. The number of aromatic amines is 1. The summed E-state index contributed by atoms with van der Waals surface area (Å²) in [6, 6.07) is 12.7. The summed E-state index contributed by atoms with van der Waals surface area (Å²) in [5.41, 5.74) is 2.31. The predicted octanol–water partition coefficient (Wildman–Crippen LogP) is 2.90. The Morgan fingerprint density at radius 2 is 1.76 bits per heavy atom. The summed E-state index contributed by atoms with van der Waals surface area (Å²) in [4.78, 5) is 15.0. The number of aryl methyl sites for hydroxylation is 1. The highest BCUT2D eigenvalue weighted by Crippen LogP contribution is 2.27. The average molecular weight is 338 g/mol. The second-order valence-corrected chi connectivity index (χ2v) is 5.41. The van der Waals surface area contributed by atoms with Crippen LogP contribution in [0.15, 0.2) is 47.3 Å². The monoisotopic (exact) mass is 338 g/mol. The van der Waals surface area contributed by atoms with Gasteiger partial charge in [-0.05, 0) is 48.9 Å². The van der Waals surface area contributed by atoms with E-state index in [1.807, 2.05) is 25.1 Å². The fourth-order valence-electron chi connectivity index (χ4n) is 2.38. The van der Waals surface area contributed by atoms with Gasteiger partial charge in [0.2, 0.25) is 5.95 Å². The molecule has 128 valence electrons. The molecule has 1 heterocycles. The Balaban J connectivity index is 1.89. The lowest BCUT2D eigenvalue weighted by atomic mass is 10.1. The molecular formula is C18H18N4O3. The van der Waals surface area contributed by atoms with Gasteiger partial charge in [0, 0.05) is 5.56 Å². The van der Waals surface area contributed by atoms with Crippen LogP contribution < -0.4 is 20.3 Å². The molecule has 0 saturated heterocycles. The van der Waals surface area contributed by atoms with Crippen molar-refractivity contribution in [1.82, 2.24) is 15.2 Å². The van der Waals surface area contributed by atoms with Crippen molar-refractivity contribution in [3.05, 3.63) is 58.4 Å². The third-order valence-electron chi connectivity index (χ3n) is 3.67. The molecule has 7 heteroatoms. The lowest BCUT2D eigenvalue weighted by Gasteiger charge is -2.11. The standard InChI is InChI=1S/C18H18N4O3/c1-11-4-9-15(25-3)14(10-11)19-18-20-17(23)16(21-22-18)12-5-7-13(24-2)8-6-12/h4-10H,1-3H3,(H2,19,20,22,23). The largest absolute Gasteiger partial charge is 0.497 e. The number of hydrogen-bond donors (Lipinski definition) is 2. The molecule has 0 saturated carbocycles. The van der Waals surface area contributed by atoms with Crippen molar-refractivity contribution in [2.45, 2.75) is 6.92 Å². The van der Waals surface area contributed by atoms with Gasteiger partial charge in [-0.1, -0.05) is 6.07 Å². The molecule has 1 aromatic heterocycles. The van der Waals surface area contributed by atoms with Crippen LogP contribution in [-0.2, 0) is 0 Å². The quantitative estimate of drug-likeness (QED) is 0.743. The molecule has 3 aromatic rings. The van der Waals surface area contributed by atoms with Crippen LogP contribution in [0.4, 0.5) is 11.6 Å². The summed E-state index contributed by atoms with van der Waals surface area (Å²) in [6.07, 6.45) is 0. The number of nitrogens with zero attached hydrogens (tertiary/aromatic N) is 2. The number of rotatable bonds is 5. The van der Waals surface area contributed by atoms with Crippen molar-refractivity contribution >= 4 is 11.6 Å². The van der Waals surface area contributed by atoms with E-state index in [2.05, 4.69) is 20.5 Å². The maximum absolute atomic E-state index is 12.3. The summed E-state index contributed by atoms with van der Waals surface area (Å²) in [5.74, 6) is 1.59. The number of H-pyrrole nitrogens is 1. The number of methoxy groups -OCH3 is 2. The topological polar surface area (TPSA) is 89.1 Å². The molecule has 0 bridgehead atoms. The Bertz CT molecular complexity index is 936. The molecule has 0 unspecified atom stereocenters. The third-order valence-corrected chi connectivity index (χ3v) is 3.67. The van der Waals surface area contributed by atoms with Crippen LogP contribution in [0.5, 0.6) is 11.5 Å². The molecule has 0 fully saturated rings. The first kappa shape index (κ1) is 16.5.